The predicted molar refractivity (Wildman–Crippen MR) is 147 cm³/mol. The number of nitrogens with one attached hydrogen (secondary N) is 1. The van der Waals surface area contributed by atoms with E-state index in [4.69, 9.17) is 28.2 Å². The normalized spacial score (nSPS) is 14.1. The number of amides is 1. The number of nitrogens with zero attached hydrogens (tertiary/aromatic N) is 2. The zero-order valence-corrected chi connectivity index (χ0v) is 21.7. The molecule has 0 atom stereocenters. The summed E-state index contributed by atoms with van der Waals surface area (Å²) in [4.78, 5) is 29.4. The third kappa shape index (κ3) is 5.50. The quantitative estimate of drug-likeness (QED) is 0.262. The summed E-state index contributed by atoms with van der Waals surface area (Å²) in [6.07, 6.45) is 6.20. The summed E-state index contributed by atoms with van der Waals surface area (Å²) in [5, 5.41) is 13.6. The molecule has 0 unspecified atom stereocenters. The van der Waals surface area contributed by atoms with E-state index in [1.807, 2.05) is 30.3 Å². The van der Waals surface area contributed by atoms with Crippen LogP contribution in [0.5, 0.6) is 0 Å². The Morgan fingerprint density at radius 2 is 1.78 bits per heavy atom. The maximum atomic E-state index is 13.0. The van der Waals surface area contributed by atoms with E-state index in [-0.39, 0.29) is 17.5 Å². The fraction of sp³-hybridized carbons (Fsp3) is 0.276. The molecule has 1 fully saturated rings. The first-order valence-corrected chi connectivity index (χ1v) is 13.2. The smallest absolute Gasteiger partial charge is 0.335 e. The van der Waals surface area contributed by atoms with Gasteiger partial charge in [-0.2, -0.15) is 0 Å². The Morgan fingerprint density at radius 3 is 2.54 bits per heavy atom. The molecule has 5 rings (SSSR count). The molecule has 8 heteroatoms. The van der Waals surface area contributed by atoms with Crippen molar-refractivity contribution in [1.82, 2.24) is 14.9 Å². The highest BCUT2D eigenvalue weighted by molar-refractivity contribution is 6.35. The Morgan fingerprint density at radius 1 is 0.973 bits per heavy atom. The second-order valence-corrected chi connectivity index (χ2v) is 10.3. The van der Waals surface area contributed by atoms with E-state index in [2.05, 4.69) is 9.88 Å². The van der Waals surface area contributed by atoms with Gasteiger partial charge in [0.25, 0.3) is 5.91 Å². The summed E-state index contributed by atoms with van der Waals surface area (Å²) in [5.41, 5.74) is 4.06. The fourth-order valence-electron chi connectivity index (χ4n) is 5.08. The van der Waals surface area contributed by atoms with Crippen molar-refractivity contribution in [3.05, 3.63) is 87.4 Å². The summed E-state index contributed by atoms with van der Waals surface area (Å²) in [6, 6.07) is 18.2. The van der Waals surface area contributed by atoms with Gasteiger partial charge in [0.2, 0.25) is 0 Å². The minimum atomic E-state index is -0.978. The van der Waals surface area contributed by atoms with E-state index < -0.39 is 5.97 Å². The number of rotatable bonds is 7. The number of aromatic nitrogens is 2. The van der Waals surface area contributed by atoms with Crippen LogP contribution in [-0.4, -0.2) is 33.1 Å². The van der Waals surface area contributed by atoms with Crippen LogP contribution in [0.15, 0.2) is 60.7 Å². The van der Waals surface area contributed by atoms with E-state index in [0.717, 1.165) is 48.2 Å². The van der Waals surface area contributed by atoms with Gasteiger partial charge < -0.3 is 15.0 Å². The van der Waals surface area contributed by atoms with Crippen molar-refractivity contribution in [2.45, 2.75) is 44.6 Å². The lowest BCUT2D eigenvalue weighted by atomic mass is 9.94. The maximum absolute atomic E-state index is 13.0. The first kappa shape index (κ1) is 25.3. The topological polar surface area (TPSA) is 84.2 Å². The van der Waals surface area contributed by atoms with E-state index in [0.29, 0.717) is 34.1 Å². The molecule has 0 bridgehead atoms. The average Bonchev–Trinajstić information content (AvgIpc) is 3.29. The number of benzene rings is 3. The Kier molecular flexibility index (Phi) is 7.49. The van der Waals surface area contributed by atoms with Gasteiger partial charge >= 0.3 is 5.97 Å². The number of carboxylic acids is 1. The fourth-order valence-corrected chi connectivity index (χ4v) is 5.58. The lowest BCUT2D eigenvalue weighted by molar-refractivity contribution is 0.0696. The van der Waals surface area contributed by atoms with Crippen LogP contribution in [0.4, 0.5) is 0 Å². The van der Waals surface area contributed by atoms with Crippen LogP contribution in [0.1, 0.15) is 64.4 Å². The number of carboxylic acid groups (broad SMARTS) is 1. The molecule has 2 N–H and O–H groups in total. The van der Waals surface area contributed by atoms with E-state index in [1.54, 1.807) is 30.3 Å². The molecule has 3 aromatic carbocycles. The number of hydrogen-bond acceptors (Lipinski definition) is 3. The molecule has 190 valence electrons. The highest BCUT2D eigenvalue weighted by atomic mass is 35.5. The predicted octanol–water partition coefficient (Wildman–Crippen LogP) is 7.19. The van der Waals surface area contributed by atoms with Gasteiger partial charge in [-0.25, -0.2) is 9.78 Å². The molecule has 37 heavy (non-hydrogen) atoms. The highest BCUT2D eigenvalue weighted by Crippen LogP contribution is 2.36. The number of fused-ring (bicyclic) bond motifs is 1. The largest absolute Gasteiger partial charge is 0.478 e. The molecule has 0 radical (unpaired) electrons. The standard InChI is InChI=1S/C29H27Cl2N3O3/c30-22-11-9-18(24(31)17-22)13-14-32-28(35)20-6-4-5-19(15-20)27-33-25-16-21(29(36)37)10-12-26(25)34(27)23-7-2-1-3-8-23/h4-6,9-12,15-17,23H,1-3,7-8,13-14H2,(H,32,35)(H,36,37). The van der Waals surface area contributed by atoms with Crippen molar-refractivity contribution in [2.75, 3.05) is 6.54 Å². The highest BCUT2D eigenvalue weighted by Gasteiger charge is 2.23. The molecule has 0 saturated heterocycles. The van der Waals surface area contributed by atoms with Crippen LogP contribution in [-0.2, 0) is 6.42 Å². The number of halogens is 2. The second kappa shape index (κ2) is 11.0. The minimum Gasteiger partial charge on any atom is -0.478 e. The molecule has 6 nitrogen and oxygen atoms in total. The molecule has 1 saturated carbocycles. The molecule has 1 aliphatic rings. The van der Waals surface area contributed by atoms with Crippen LogP contribution in [0.2, 0.25) is 10.0 Å². The van der Waals surface area contributed by atoms with Gasteiger partial charge in [0.15, 0.2) is 0 Å². The van der Waals surface area contributed by atoms with E-state index in [9.17, 15) is 14.7 Å². The first-order valence-electron chi connectivity index (χ1n) is 12.5. The van der Waals surface area contributed by atoms with E-state index in [1.165, 1.54) is 6.42 Å². The minimum absolute atomic E-state index is 0.180. The van der Waals surface area contributed by atoms with Crippen LogP contribution in [0, 0.1) is 0 Å². The molecule has 1 aliphatic carbocycles. The first-order chi connectivity index (χ1) is 17.9. The molecule has 1 amide bonds. The van der Waals surface area contributed by atoms with Crippen molar-refractivity contribution >= 4 is 46.1 Å². The van der Waals surface area contributed by atoms with E-state index >= 15 is 0 Å². The lowest BCUT2D eigenvalue weighted by Gasteiger charge is -2.25. The van der Waals surface area contributed by atoms with Gasteiger partial charge in [-0.3, -0.25) is 4.79 Å². The Balaban J connectivity index is 1.42. The maximum Gasteiger partial charge on any atom is 0.335 e. The lowest BCUT2D eigenvalue weighted by Crippen LogP contribution is -2.25. The Bertz CT molecular complexity index is 1470. The van der Waals surface area contributed by atoms with Crippen LogP contribution < -0.4 is 5.32 Å². The SMILES string of the molecule is O=C(O)c1ccc2c(c1)nc(-c1cccc(C(=O)NCCc3ccc(Cl)cc3Cl)c1)n2C1CCCCC1. The number of aromatic carboxylic acids is 1. The Hall–Kier alpha value is -3.35. The van der Waals surface area contributed by atoms with Gasteiger partial charge in [-0.05, 0) is 67.3 Å². The third-order valence-corrected chi connectivity index (χ3v) is 7.54. The molecule has 1 aromatic heterocycles. The summed E-state index contributed by atoms with van der Waals surface area (Å²) < 4.78 is 2.24. The number of carbonyl (C=O) groups is 2. The van der Waals surface area contributed by atoms with Gasteiger partial charge in [0, 0.05) is 33.8 Å². The van der Waals surface area contributed by atoms with Crippen molar-refractivity contribution in [3.63, 3.8) is 0 Å². The number of imidazole rings is 1. The number of carbonyl (C=O) groups excluding carboxylic acids is 1. The van der Waals surface area contributed by atoms with Gasteiger partial charge in [-0.15, -0.1) is 0 Å². The zero-order valence-electron chi connectivity index (χ0n) is 20.2. The average molecular weight is 536 g/mol. The molecule has 0 aliphatic heterocycles. The molecule has 1 heterocycles. The van der Waals surface area contributed by atoms with Crippen molar-refractivity contribution < 1.29 is 14.7 Å². The van der Waals surface area contributed by atoms with Crippen molar-refractivity contribution in [2.24, 2.45) is 0 Å². The Labute approximate surface area is 225 Å². The van der Waals surface area contributed by atoms with Crippen LogP contribution >= 0.6 is 23.2 Å². The second-order valence-electron chi connectivity index (χ2n) is 9.43. The van der Waals surface area contributed by atoms with Gasteiger partial charge in [0.05, 0.1) is 16.6 Å². The summed E-state index contributed by atoms with van der Waals surface area (Å²) in [7, 11) is 0. The monoisotopic (exact) mass is 535 g/mol. The molecular weight excluding hydrogens is 509 g/mol. The summed E-state index contributed by atoms with van der Waals surface area (Å²) >= 11 is 12.2. The summed E-state index contributed by atoms with van der Waals surface area (Å²) in [6.45, 7) is 0.433. The van der Waals surface area contributed by atoms with Gasteiger partial charge in [0.1, 0.15) is 5.82 Å². The van der Waals surface area contributed by atoms with Crippen LogP contribution in [0.3, 0.4) is 0 Å². The molecule has 4 aromatic rings. The number of hydrogen-bond donors (Lipinski definition) is 2. The summed E-state index contributed by atoms with van der Waals surface area (Å²) in [5.74, 6) is -0.401. The van der Waals surface area contributed by atoms with Crippen molar-refractivity contribution in [1.29, 1.82) is 0 Å². The zero-order chi connectivity index (χ0) is 25.9. The van der Waals surface area contributed by atoms with Crippen molar-refractivity contribution in [3.8, 4) is 11.4 Å². The van der Waals surface area contributed by atoms with Crippen LogP contribution in [0.25, 0.3) is 22.4 Å². The van der Waals surface area contributed by atoms with Gasteiger partial charge in [-0.1, -0.05) is 60.7 Å². The molecular formula is C29H27Cl2N3O3. The third-order valence-electron chi connectivity index (χ3n) is 6.95. The molecule has 0 spiro atoms.